The van der Waals surface area contributed by atoms with Crippen LogP contribution in [0.3, 0.4) is 0 Å². The van der Waals surface area contributed by atoms with Gasteiger partial charge < -0.3 is 9.84 Å². The molecule has 0 fully saturated rings. The van der Waals surface area contributed by atoms with Crippen LogP contribution < -0.4 is 4.74 Å². The van der Waals surface area contributed by atoms with E-state index >= 15 is 0 Å². The van der Waals surface area contributed by atoms with Crippen LogP contribution in [0.25, 0.3) is 6.08 Å². The van der Waals surface area contributed by atoms with E-state index in [9.17, 15) is 4.79 Å². The Labute approximate surface area is 89.0 Å². The van der Waals surface area contributed by atoms with Gasteiger partial charge in [-0.25, -0.2) is 4.79 Å². The Kier molecular flexibility index (Phi) is 3.92. The summed E-state index contributed by atoms with van der Waals surface area (Å²) in [5, 5.41) is 8.75. The molecule has 15 heavy (non-hydrogen) atoms. The predicted molar refractivity (Wildman–Crippen MR) is 58.9 cm³/mol. The van der Waals surface area contributed by atoms with Crippen molar-refractivity contribution in [2.45, 2.75) is 13.8 Å². The number of hydrogen-bond acceptors (Lipinski definition) is 2. The highest BCUT2D eigenvalue weighted by atomic mass is 16.5. The lowest BCUT2D eigenvalue weighted by atomic mass is 10.1. The fourth-order valence-electron chi connectivity index (χ4n) is 1.18. The van der Waals surface area contributed by atoms with Crippen molar-refractivity contribution >= 4 is 12.0 Å². The molecule has 0 heterocycles. The van der Waals surface area contributed by atoms with Crippen LogP contribution >= 0.6 is 0 Å². The molecule has 0 unspecified atom stereocenters. The van der Waals surface area contributed by atoms with Crippen molar-refractivity contribution in [3.05, 3.63) is 35.4 Å². The van der Waals surface area contributed by atoms with Gasteiger partial charge in [-0.05, 0) is 26.0 Å². The second kappa shape index (κ2) is 5.20. The first kappa shape index (κ1) is 11.3. The lowest BCUT2D eigenvalue weighted by Gasteiger charge is -2.06. The van der Waals surface area contributed by atoms with E-state index < -0.39 is 5.97 Å². The van der Waals surface area contributed by atoms with Crippen molar-refractivity contribution in [1.82, 2.24) is 0 Å². The summed E-state index contributed by atoms with van der Waals surface area (Å²) in [5.41, 5.74) is 1.08. The largest absolute Gasteiger partial charge is 0.493 e. The van der Waals surface area contributed by atoms with E-state index in [-0.39, 0.29) is 0 Å². The smallest absolute Gasteiger partial charge is 0.331 e. The highest BCUT2D eigenvalue weighted by molar-refractivity contribution is 5.91. The van der Waals surface area contributed by atoms with Crippen molar-refractivity contribution in [2.24, 2.45) is 0 Å². The van der Waals surface area contributed by atoms with Crippen LogP contribution in [0.5, 0.6) is 5.75 Å². The summed E-state index contributed by atoms with van der Waals surface area (Å²) in [6, 6.07) is 7.36. The number of rotatable bonds is 4. The van der Waals surface area contributed by atoms with E-state index in [1.165, 1.54) is 0 Å². The number of carboxylic acids is 1. The predicted octanol–water partition coefficient (Wildman–Crippen LogP) is 2.57. The van der Waals surface area contributed by atoms with E-state index in [0.29, 0.717) is 17.9 Å². The summed E-state index contributed by atoms with van der Waals surface area (Å²) in [6.45, 7) is 4.02. The molecule has 80 valence electrons. The summed E-state index contributed by atoms with van der Waals surface area (Å²) in [7, 11) is 0. The van der Waals surface area contributed by atoms with Gasteiger partial charge in [-0.3, -0.25) is 0 Å². The molecule has 3 heteroatoms. The Morgan fingerprint density at radius 1 is 1.47 bits per heavy atom. The average molecular weight is 206 g/mol. The van der Waals surface area contributed by atoms with Gasteiger partial charge in [0.15, 0.2) is 0 Å². The van der Waals surface area contributed by atoms with E-state index in [1.807, 2.05) is 31.2 Å². The second-order valence-corrected chi connectivity index (χ2v) is 3.10. The zero-order valence-electron chi connectivity index (χ0n) is 8.86. The molecule has 0 aromatic heterocycles. The molecule has 0 aliphatic rings. The van der Waals surface area contributed by atoms with Gasteiger partial charge in [0.1, 0.15) is 5.75 Å². The Bertz CT molecular complexity index is 380. The third-order valence-corrected chi connectivity index (χ3v) is 1.93. The topological polar surface area (TPSA) is 46.5 Å². The van der Waals surface area contributed by atoms with Gasteiger partial charge in [0.2, 0.25) is 0 Å². The molecule has 1 aromatic carbocycles. The van der Waals surface area contributed by atoms with Crippen LogP contribution in [0.4, 0.5) is 0 Å². The normalized spacial score (nSPS) is 11.2. The molecule has 0 bridgehead atoms. The summed E-state index contributed by atoms with van der Waals surface area (Å²) in [5.74, 6) is -0.207. The van der Waals surface area contributed by atoms with Crippen LogP contribution in [0.15, 0.2) is 29.8 Å². The van der Waals surface area contributed by atoms with Gasteiger partial charge in [-0.1, -0.05) is 18.2 Å². The first-order valence-corrected chi connectivity index (χ1v) is 4.78. The standard InChI is InChI=1S/C12H14O3/c1-3-15-11-7-5-4-6-10(11)8-9(2)12(13)14/h4-8H,3H2,1-2H3,(H,13,14)/b9-8+. The number of carboxylic acid groups (broad SMARTS) is 1. The Morgan fingerprint density at radius 2 is 2.13 bits per heavy atom. The zero-order valence-corrected chi connectivity index (χ0v) is 8.86. The van der Waals surface area contributed by atoms with E-state index in [4.69, 9.17) is 9.84 Å². The fraction of sp³-hybridized carbons (Fsp3) is 0.250. The summed E-state index contributed by atoms with van der Waals surface area (Å²) >= 11 is 0. The fourth-order valence-corrected chi connectivity index (χ4v) is 1.18. The molecule has 0 amide bonds. The van der Waals surface area contributed by atoms with Crippen LogP contribution in [0, 0.1) is 0 Å². The first-order chi connectivity index (χ1) is 7.15. The first-order valence-electron chi connectivity index (χ1n) is 4.78. The van der Waals surface area contributed by atoms with Gasteiger partial charge >= 0.3 is 5.97 Å². The Hall–Kier alpha value is -1.77. The van der Waals surface area contributed by atoms with Gasteiger partial charge in [0.05, 0.1) is 6.61 Å². The zero-order chi connectivity index (χ0) is 11.3. The second-order valence-electron chi connectivity index (χ2n) is 3.10. The van der Waals surface area contributed by atoms with E-state index in [2.05, 4.69) is 0 Å². The molecule has 3 nitrogen and oxygen atoms in total. The van der Waals surface area contributed by atoms with Crippen molar-refractivity contribution in [1.29, 1.82) is 0 Å². The summed E-state index contributed by atoms with van der Waals surface area (Å²) in [4.78, 5) is 10.7. The molecule has 0 spiro atoms. The maximum absolute atomic E-state index is 10.7. The third kappa shape index (κ3) is 3.13. The van der Waals surface area contributed by atoms with Crippen molar-refractivity contribution < 1.29 is 14.6 Å². The van der Waals surface area contributed by atoms with Gasteiger partial charge in [0.25, 0.3) is 0 Å². The molecular weight excluding hydrogens is 192 g/mol. The minimum Gasteiger partial charge on any atom is -0.493 e. The maximum atomic E-state index is 10.7. The summed E-state index contributed by atoms with van der Waals surface area (Å²) in [6.07, 6.45) is 1.60. The molecule has 1 rings (SSSR count). The number of ether oxygens (including phenoxy) is 1. The molecule has 1 N–H and O–H groups in total. The minimum absolute atomic E-state index is 0.294. The molecular formula is C12H14O3. The molecule has 0 saturated heterocycles. The third-order valence-electron chi connectivity index (χ3n) is 1.93. The summed E-state index contributed by atoms with van der Waals surface area (Å²) < 4.78 is 5.38. The van der Waals surface area contributed by atoms with Crippen LogP contribution in [0.2, 0.25) is 0 Å². The number of benzene rings is 1. The average Bonchev–Trinajstić information content (AvgIpc) is 2.21. The maximum Gasteiger partial charge on any atom is 0.331 e. The van der Waals surface area contributed by atoms with E-state index in [1.54, 1.807) is 13.0 Å². The number of hydrogen-bond donors (Lipinski definition) is 1. The molecule has 0 aliphatic carbocycles. The van der Waals surface area contributed by atoms with Crippen molar-refractivity contribution in [3.63, 3.8) is 0 Å². The SMILES string of the molecule is CCOc1ccccc1/C=C(\C)C(=O)O. The minimum atomic E-state index is -0.915. The van der Waals surface area contributed by atoms with Crippen LogP contribution in [-0.2, 0) is 4.79 Å². The molecule has 0 aliphatic heterocycles. The monoisotopic (exact) mass is 206 g/mol. The van der Waals surface area contributed by atoms with Gasteiger partial charge in [-0.2, -0.15) is 0 Å². The van der Waals surface area contributed by atoms with Crippen LogP contribution in [0.1, 0.15) is 19.4 Å². The van der Waals surface area contributed by atoms with Gasteiger partial charge in [-0.15, -0.1) is 0 Å². The number of carbonyl (C=O) groups is 1. The van der Waals surface area contributed by atoms with Crippen molar-refractivity contribution in [2.75, 3.05) is 6.61 Å². The number of aliphatic carboxylic acids is 1. The van der Waals surface area contributed by atoms with E-state index in [0.717, 1.165) is 5.56 Å². The van der Waals surface area contributed by atoms with Crippen LogP contribution in [-0.4, -0.2) is 17.7 Å². The lowest BCUT2D eigenvalue weighted by molar-refractivity contribution is -0.132. The molecule has 0 radical (unpaired) electrons. The Morgan fingerprint density at radius 3 is 2.73 bits per heavy atom. The lowest BCUT2D eigenvalue weighted by Crippen LogP contribution is -1.97. The van der Waals surface area contributed by atoms with Crippen molar-refractivity contribution in [3.8, 4) is 5.75 Å². The highest BCUT2D eigenvalue weighted by Gasteiger charge is 2.03. The number of para-hydroxylation sites is 1. The van der Waals surface area contributed by atoms with Gasteiger partial charge in [0, 0.05) is 11.1 Å². The Balaban J connectivity index is 3.03. The molecule has 1 aromatic rings. The molecule has 0 atom stereocenters. The highest BCUT2D eigenvalue weighted by Crippen LogP contribution is 2.20. The quantitative estimate of drug-likeness (QED) is 0.770. The molecule has 0 saturated carbocycles.